The van der Waals surface area contributed by atoms with Crippen LogP contribution in [0.3, 0.4) is 0 Å². The fourth-order valence-corrected chi connectivity index (χ4v) is 10.2. The first-order valence-electron chi connectivity index (χ1n) is 31.4. The third-order valence-electron chi connectivity index (χ3n) is 14.4. The number of phosphoric ester groups is 1. The highest BCUT2D eigenvalue weighted by Gasteiger charge is 2.27. The third kappa shape index (κ3) is 56.4. The lowest BCUT2D eigenvalue weighted by molar-refractivity contribution is -0.870. The van der Waals surface area contributed by atoms with Gasteiger partial charge in [0.1, 0.15) is 13.2 Å². The molecule has 0 spiro atoms. The van der Waals surface area contributed by atoms with E-state index in [0.717, 1.165) is 44.9 Å². The molecular weight excluding hydrogens is 912 g/mol. The number of aliphatic hydroxyl groups is 1. The fraction of sp³-hybridized carbons (Fsp3) is 0.889. The van der Waals surface area contributed by atoms with E-state index in [1.54, 1.807) is 6.08 Å². The Morgan fingerprint density at radius 2 is 0.792 bits per heavy atom. The average Bonchev–Trinajstić information content (AvgIpc) is 3.34. The fourth-order valence-electron chi connectivity index (χ4n) is 9.43. The predicted molar refractivity (Wildman–Crippen MR) is 314 cm³/mol. The Morgan fingerprint density at radius 3 is 1.14 bits per heavy atom. The van der Waals surface area contributed by atoms with E-state index in [0.29, 0.717) is 17.4 Å². The van der Waals surface area contributed by atoms with E-state index in [1.165, 1.54) is 244 Å². The Kier molecular flexibility index (Phi) is 53.5. The smallest absolute Gasteiger partial charge is 0.387 e. The van der Waals surface area contributed by atoms with Crippen molar-refractivity contribution in [2.75, 3.05) is 40.9 Å². The van der Waals surface area contributed by atoms with E-state index in [-0.39, 0.29) is 19.1 Å². The summed E-state index contributed by atoms with van der Waals surface area (Å²) in [4.78, 5) is 23.3. The molecule has 0 rings (SSSR count). The highest BCUT2D eigenvalue weighted by Crippen LogP contribution is 2.43. The number of likely N-dealkylation sites (N-methyl/N-ethyl adjacent to an activating group) is 1. The molecule has 1 amide bonds. The lowest BCUT2D eigenvalue weighted by Gasteiger charge is -2.25. The molecule has 0 fully saturated rings. The number of nitrogens with one attached hydrogen (secondary N) is 1. The summed E-state index contributed by atoms with van der Waals surface area (Å²) < 4.78 is 23.8. The number of amides is 1. The molecular formula is C63H124N2O6P+. The van der Waals surface area contributed by atoms with Crippen LogP contribution in [-0.2, 0) is 18.4 Å². The maximum atomic E-state index is 13.0. The minimum atomic E-state index is -4.35. The van der Waals surface area contributed by atoms with Crippen molar-refractivity contribution in [2.24, 2.45) is 0 Å². The predicted octanol–water partition coefficient (Wildman–Crippen LogP) is 19.3. The van der Waals surface area contributed by atoms with E-state index < -0.39 is 20.0 Å². The Bertz CT molecular complexity index is 1270. The van der Waals surface area contributed by atoms with Crippen molar-refractivity contribution in [1.29, 1.82) is 0 Å². The van der Waals surface area contributed by atoms with Gasteiger partial charge < -0.3 is 19.8 Å². The molecule has 426 valence electrons. The molecule has 0 heterocycles. The van der Waals surface area contributed by atoms with Gasteiger partial charge in [0.15, 0.2) is 0 Å². The zero-order chi connectivity index (χ0) is 52.7. The van der Waals surface area contributed by atoms with Crippen molar-refractivity contribution in [2.45, 2.75) is 321 Å². The van der Waals surface area contributed by atoms with E-state index in [2.05, 4.69) is 43.5 Å². The summed E-state index contributed by atoms with van der Waals surface area (Å²) in [5.74, 6) is -0.171. The minimum absolute atomic E-state index is 0.0633. The van der Waals surface area contributed by atoms with Gasteiger partial charge in [0.2, 0.25) is 5.91 Å². The van der Waals surface area contributed by atoms with Crippen LogP contribution in [0.15, 0.2) is 36.5 Å². The molecule has 0 saturated heterocycles. The summed E-state index contributed by atoms with van der Waals surface area (Å²) >= 11 is 0. The van der Waals surface area contributed by atoms with Crippen molar-refractivity contribution in [1.82, 2.24) is 5.32 Å². The Morgan fingerprint density at radius 1 is 0.472 bits per heavy atom. The van der Waals surface area contributed by atoms with Crippen LogP contribution in [-0.4, -0.2) is 73.4 Å². The first-order valence-corrected chi connectivity index (χ1v) is 32.9. The van der Waals surface area contributed by atoms with Crippen LogP contribution in [0.1, 0.15) is 309 Å². The summed E-state index contributed by atoms with van der Waals surface area (Å²) in [6.07, 6.45) is 71.2. The molecule has 0 radical (unpaired) electrons. The maximum absolute atomic E-state index is 13.0. The minimum Gasteiger partial charge on any atom is -0.387 e. The number of carbonyl (C=O) groups excluding carboxylic acids is 1. The molecule has 9 heteroatoms. The molecule has 0 aromatic heterocycles. The lowest BCUT2D eigenvalue weighted by atomic mass is 10.0. The van der Waals surface area contributed by atoms with E-state index in [9.17, 15) is 19.4 Å². The zero-order valence-electron chi connectivity index (χ0n) is 48.7. The number of carbonyl (C=O) groups is 1. The van der Waals surface area contributed by atoms with Crippen molar-refractivity contribution in [3.05, 3.63) is 36.5 Å². The third-order valence-corrected chi connectivity index (χ3v) is 15.3. The largest absolute Gasteiger partial charge is 0.472 e. The molecule has 0 aliphatic rings. The van der Waals surface area contributed by atoms with E-state index in [4.69, 9.17) is 9.05 Å². The standard InChI is InChI=1S/C63H123N2O6P/c1-6-8-10-12-14-16-18-20-22-24-26-27-28-29-30-31-32-33-34-35-36-37-39-41-43-45-47-49-51-53-55-57-63(67)64-61(60-71-72(68,69)70-59-58-65(3,4)5)62(66)56-54-52-50-48-46-44-42-40-38-25-23-21-19-17-15-13-11-9-7-2/h18,20,24,26,54,56,61-62,66H,6-17,19,21-23,25,27-53,55,57-60H2,1-5H3,(H-,64,67,68,69)/p+1/b20-18-,26-24-,56-54+. The number of hydrogen-bond acceptors (Lipinski definition) is 5. The molecule has 72 heavy (non-hydrogen) atoms. The highest BCUT2D eigenvalue weighted by atomic mass is 31.2. The molecule has 8 nitrogen and oxygen atoms in total. The van der Waals surface area contributed by atoms with E-state index in [1.807, 2.05) is 27.2 Å². The number of unbranched alkanes of at least 4 members (excludes halogenated alkanes) is 41. The van der Waals surface area contributed by atoms with Gasteiger partial charge in [-0.3, -0.25) is 13.8 Å². The van der Waals surface area contributed by atoms with Crippen LogP contribution in [0.2, 0.25) is 0 Å². The number of quaternary nitrogens is 1. The van der Waals surface area contributed by atoms with Crippen LogP contribution in [0.5, 0.6) is 0 Å². The van der Waals surface area contributed by atoms with Gasteiger partial charge in [-0.15, -0.1) is 0 Å². The first-order chi connectivity index (χ1) is 35.0. The van der Waals surface area contributed by atoms with Gasteiger partial charge >= 0.3 is 7.82 Å². The van der Waals surface area contributed by atoms with Crippen LogP contribution in [0, 0.1) is 0 Å². The molecule has 0 saturated carbocycles. The van der Waals surface area contributed by atoms with Gasteiger partial charge in [-0.25, -0.2) is 4.57 Å². The van der Waals surface area contributed by atoms with Crippen LogP contribution < -0.4 is 5.32 Å². The lowest BCUT2D eigenvalue weighted by Crippen LogP contribution is -2.45. The number of hydrogen-bond donors (Lipinski definition) is 3. The summed E-state index contributed by atoms with van der Waals surface area (Å²) in [7, 11) is 1.59. The number of allylic oxidation sites excluding steroid dienone is 5. The Hall–Kier alpha value is -1.28. The van der Waals surface area contributed by atoms with E-state index >= 15 is 0 Å². The molecule has 3 N–H and O–H groups in total. The van der Waals surface area contributed by atoms with Crippen molar-refractivity contribution in [3.63, 3.8) is 0 Å². The number of phosphoric acid groups is 1. The van der Waals surface area contributed by atoms with Crippen molar-refractivity contribution >= 4 is 13.7 Å². The van der Waals surface area contributed by atoms with Crippen molar-refractivity contribution < 1.29 is 32.9 Å². The van der Waals surface area contributed by atoms with Gasteiger partial charge in [-0.2, -0.15) is 0 Å². The maximum Gasteiger partial charge on any atom is 0.472 e. The summed E-state index contributed by atoms with van der Waals surface area (Å²) in [6, 6.07) is -0.845. The molecule has 0 aromatic carbocycles. The van der Waals surface area contributed by atoms with Gasteiger partial charge in [0.05, 0.1) is 39.9 Å². The second kappa shape index (κ2) is 54.5. The molecule has 0 aliphatic heterocycles. The van der Waals surface area contributed by atoms with Gasteiger partial charge in [-0.05, 0) is 51.4 Å². The topological polar surface area (TPSA) is 105 Å². The Labute approximate surface area is 448 Å². The second-order valence-electron chi connectivity index (χ2n) is 22.8. The molecule has 3 atom stereocenters. The molecule has 0 bridgehead atoms. The number of rotatable bonds is 58. The average molecular weight is 1040 g/mol. The van der Waals surface area contributed by atoms with Crippen LogP contribution in [0.25, 0.3) is 0 Å². The Balaban J connectivity index is 4.07. The molecule has 3 unspecified atom stereocenters. The van der Waals surface area contributed by atoms with Gasteiger partial charge in [0.25, 0.3) is 0 Å². The van der Waals surface area contributed by atoms with Gasteiger partial charge in [0, 0.05) is 6.42 Å². The quantitative estimate of drug-likeness (QED) is 0.0243. The summed E-state index contributed by atoms with van der Waals surface area (Å²) in [5, 5.41) is 14.0. The van der Waals surface area contributed by atoms with Crippen molar-refractivity contribution in [3.8, 4) is 0 Å². The van der Waals surface area contributed by atoms with Crippen LogP contribution in [0.4, 0.5) is 0 Å². The zero-order valence-corrected chi connectivity index (χ0v) is 49.6. The summed E-state index contributed by atoms with van der Waals surface area (Å²) in [5.41, 5.74) is 0. The van der Waals surface area contributed by atoms with Gasteiger partial charge in [-0.1, -0.05) is 288 Å². The number of nitrogens with zero attached hydrogens (tertiary/aromatic N) is 1. The summed E-state index contributed by atoms with van der Waals surface area (Å²) in [6.45, 7) is 4.85. The van der Waals surface area contributed by atoms with Crippen LogP contribution >= 0.6 is 7.82 Å². The SMILES string of the molecule is CCCCCCC/C=C\C/C=C\CCCCCCCCCCCCCCCCCCCCCC(=O)NC(COP(=O)(O)OCC[N+](C)(C)C)C(O)/C=C/CCCCCCCCCCCCCCCCCCC. The number of aliphatic hydroxyl groups excluding tert-OH is 1. The highest BCUT2D eigenvalue weighted by molar-refractivity contribution is 7.47. The molecule has 0 aromatic rings. The normalized spacial score (nSPS) is 14.0. The second-order valence-corrected chi connectivity index (χ2v) is 24.2. The molecule has 0 aliphatic carbocycles. The monoisotopic (exact) mass is 1040 g/mol. The first kappa shape index (κ1) is 70.7.